The molecule has 4 nitrogen and oxygen atoms in total. The zero-order valence-electron chi connectivity index (χ0n) is 14.6. The summed E-state index contributed by atoms with van der Waals surface area (Å²) in [7, 11) is 3.48. The minimum absolute atomic E-state index is 0.951. The first kappa shape index (κ1) is 16.8. The minimum atomic E-state index is 0.951. The Kier molecular flexibility index (Phi) is 5.72. The van der Waals surface area contributed by atoms with Crippen LogP contribution >= 0.6 is 0 Å². The smallest absolute Gasteiger partial charge is 0.123 e. The molecular weight excluding hydrogens is 300 g/mol. The van der Waals surface area contributed by atoms with Crippen molar-refractivity contribution in [2.45, 2.75) is 13.1 Å². The van der Waals surface area contributed by atoms with Gasteiger partial charge in [0.15, 0.2) is 0 Å². The van der Waals surface area contributed by atoms with Gasteiger partial charge in [0.1, 0.15) is 11.5 Å². The van der Waals surface area contributed by atoms with Gasteiger partial charge in [-0.05, 0) is 12.1 Å². The molecular formula is C20H26N2O2. The maximum Gasteiger partial charge on any atom is 0.123 e. The third-order valence-corrected chi connectivity index (χ3v) is 4.64. The largest absolute Gasteiger partial charge is 0.496 e. The van der Waals surface area contributed by atoms with Gasteiger partial charge in [-0.1, -0.05) is 36.4 Å². The second kappa shape index (κ2) is 8.18. The number of methoxy groups -OCH3 is 2. The van der Waals surface area contributed by atoms with E-state index in [9.17, 15) is 0 Å². The standard InChI is InChI=1S/C20H26N2O2/c1-23-19-9-5-3-7-17(19)15-21-11-13-22(14-12-21)16-18-8-4-6-10-20(18)24-2/h3-10H,11-16H2,1-2H3. The summed E-state index contributed by atoms with van der Waals surface area (Å²) in [6.07, 6.45) is 0. The Bertz CT molecular complexity index is 594. The van der Waals surface area contributed by atoms with Crippen molar-refractivity contribution in [3.05, 3.63) is 59.7 Å². The Morgan fingerprint density at radius 3 is 1.42 bits per heavy atom. The van der Waals surface area contributed by atoms with Crippen molar-refractivity contribution in [3.8, 4) is 11.5 Å². The van der Waals surface area contributed by atoms with Gasteiger partial charge in [-0.3, -0.25) is 9.80 Å². The summed E-state index contributed by atoms with van der Waals surface area (Å²) in [4.78, 5) is 4.99. The van der Waals surface area contributed by atoms with E-state index in [1.54, 1.807) is 14.2 Å². The third-order valence-electron chi connectivity index (χ3n) is 4.64. The van der Waals surface area contributed by atoms with Crippen molar-refractivity contribution in [3.63, 3.8) is 0 Å². The van der Waals surface area contributed by atoms with Gasteiger partial charge in [0, 0.05) is 50.4 Å². The average Bonchev–Trinajstić information content (AvgIpc) is 2.64. The highest BCUT2D eigenvalue weighted by atomic mass is 16.5. The number of nitrogens with zero attached hydrogens (tertiary/aromatic N) is 2. The molecule has 3 rings (SSSR count). The van der Waals surface area contributed by atoms with E-state index >= 15 is 0 Å². The van der Waals surface area contributed by atoms with Crippen LogP contribution < -0.4 is 9.47 Å². The first-order valence-electron chi connectivity index (χ1n) is 8.48. The third kappa shape index (κ3) is 4.08. The Morgan fingerprint density at radius 1 is 0.667 bits per heavy atom. The van der Waals surface area contributed by atoms with Crippen LogP contribution in [0, 0.1) is 0 Å². The van der Waals surface area contributed by atoms with Crippen LogP contribution in [-0.4, -0.2) is 50.2 Å². The van der Waals surface area contributed by atoms with Crippen molar-refractivity contribution in [1.29, 1.82) is 0 Å². The molecule has 2 aromatic carbocycles. The maximum atomic E-state index is 5.46. The molecule has 1 fully saturated rings. The second-order valence-corrected chi connectivity index (χ2v) is 6.18. The molecule has 0 saturated carbocycles. The van der Waals surface area contributed by atoms with Crippen molar-refractivity contribution >= 4 is 0 Å². The lowest BCUT2D eigenvalue weighted by Gasteiger charge is -2.35. The molecule has 0 radical (unpaired) electrons. The van der Waals surface area contributed by atoms with Crippen LogP contribution in [0.4, 0.5) is 0 Å². The van der Waals surface area contributed by atoms with Crippen LogP contribution in [0.25, 0.3) is 0 Å². The number of hydrogen-bond acceptors (Lipinski definition) is 4. The van der Waals surface area contributed by atoms with Gasteiger partial charge in [-0.25, -0.2) is 0 Å². The first-order chi connectivity index (χ1) is 11.8. The summed E-state index contributed by atoms with van der Waals surface area (Å²) in [6, 6.07) is 16.6. The average molecular weight is 326 g/mol. The van der Waals surface area contributed by atoms with Crippen LogP contribution in [0.1, 0.15) is 11.1 Å². The van der Waals surface area contributed by atoms with E-state index in [2.05, 4.69) is 34.1 Å². The molecule has 0 bridgehead atoms. The summed E-state index contributed by atoms with van der Waals surface area (Å²) >= 11 is 0. The predicted molar refractivity (Wildman–Crippen MR) is 96.5 cm³/mol. The molecule has 0 aliphatic carbocycles. The van der Waals surface area contributed by atoms with E-state index in [0.29, 0.717) is 0 Å². The highest BCUT2D eigenvalue weighted by molar-refractivity contribution is 5.34. The highest BCUT2D eigenvalue weighted by Crippen LogP contribution is 2.22. The van der Waals surface area contributed by atoms with Gasteiger partial charge in [0.05, 0.1) is 14.2 Å². The van der Waals surface area contributed by atoms with Crippen LogP contribution in [0.2, 0.25) is 0 Å². The lowest BCUT2D eigenvalue weighted by Crippen LogP contribution is -2.45. The summed E-state index contributed by atoms with van der Waals surface area (Å²) in [5.74, 6) is 1.96. The number of rotatable bonds is 6. The summed E-state index contributed by atoms with van der Waals surface area (Å²) < 4.78 is 10.9. The molecule has 1 heterocycles. The molecule has 0 atom stereocenters. The molecule has 4 heteroatoms. The SMILES string of the molecule is COc1ccccc1CN1CCN(Cc2ccccc2OC)CC1. The minimum Gasteiger partial charge on any atom is -0.496 e. The van der Waals surface area contributed by atoms with Gasteiger partial charge in [0.2, 0.25) is 0 Å². The fourth-order valence-corrected chi connectivity index (χ4v) is 3.25. The van der Waals surface area contributed by atoms with Gasteiger partial charge in [-0.2, -0.15) is 0 Å². The Balaban J connectivity index is 1.54. The molecule has 1 saturated heterocycles. The Labute approximate surface area is 144 Å². The molecule has 0 N–H and O–H groups in total. The van der Waals surface area contributed by atoms with E-state index in [4.69, 9.17) is 9.47 Å². The molecule has 0 spiro atoms. The number of para-hydroxylation sites is 2. The van der Waals surface area contributed by atoms with E-state index in [1.165, 1.54) is 11.1 Å². The Hall–Kier alpha value is -2.04. The lowest BCUT2D eigenvalue weighted by molar-refractivity contribution is 0.120. The highest BCUT2D eigenvalue weighted by Gasteiger charge is 2.19. The van der Waals surface area contributed by atoms with Crippen molar-refractivity contribution in [2.75, 3.05) is 40.4 Å². The van der Waals surface area contributed by atoms with E-state index in [-0.39, 0.29) is 0 Å². The summed E-state index contributed by atoms with van der Waals surface area (Å²) in [6.45, 7) is 6.21. The quantitative estimate of drug-likeness (QED) is 0.815. The van der Waals surface area contributed by atoms with Gasteiger partial charge in [-0.15, -0.1) is 0 Å². The molecule has 128 valence electrons. The molecule has 1 aliphatic rings. The molecule has 0 aromatic heterocycles. The molecule has 24 heavy (non-hydrogen) atoms. The second-order valence-electron chi connectivity index (χ2n) is 6.18. The number of piperazine rings is 1. The normalized spacial score (nSPS) is 16.1. The van der Waals surface area contributed by atoms with Crippen molar-refractivity contribution in [2.24, 2.45) is 0 Å². The van der Waals surface area contributed by atoms with Gasteiger partial charge < -0.3 is 9.47 Å². The summed E-state index contributed by atoms with van der Waals surface area (Å²) in [5, 5.41) is 0. The number of hydrogen-bond donors (Lipinski definition) is 0. The first-order valence-corrected chi connectivity index (χ1v) is 8.48. The van der Waals surface area contributed by atoms with Crippen LogP contribution in [0.15, 0.2) is 48.5 Å². The fourth-order valence-electron chi connectivity index (χ4n) is 3.25. The predicted octanol–water partition coefficient (Wildman–Crippen LogP) is 3.02. The molecule has 0 amide bonds. The van der Waals surface area contributed by atoms with Crippen LogP contribution in [0.3, 0.4) is 0 Å². The Morgan fingerprint density at radius 2 is 1.04 bits per heavy atom. The number of benzene rings is 2. The van der Waals surface area contributed by atoms with Crippen LogP contribution in [0.5, 0.6) is 11.5 Å². The maximum absolute atomic E-state index is 5.46. The van der Waals surface area contributed by atoms with Gasteiger partial charge in [0.25, 0.3) is 0 Å². The molecule has 2 aromatic rings. The van der Waals surface area contributed by atoms with E-state index in [1.807, 2.05) is 24.3 Å². The number of ether oxygens (including phenoxy) is 2. The van der Waals surface area contributed by atoms with Crippen molar-refractivity contribution in [1.82, 2.24) is 9.80 Å². The summed E-state index contributed by atoms with van der Waals surface area (Å²) in [5.41, 5.74) is 2.52. The fraction of sp³-hybridized carbons (Fsp3) is 0.400. The molecule has 0 unspecified atom stereocenters. The zero-order chi connectivity index (χ0) is 16.8. The van der Waals surface area contributed by atoms with Gasteiger partial charge >= 0.3 is 0 Å². The van der Waals surface area contributed by atoms with E-state index < -0.39 is 0 Å². The lowest BCUT2D eigenvalue weighted by atomic mass is 10.1. The van der Waals surface area contributed by atoms with E-state index in [0.717, 1.165) is 50.8 Å². The van der Waals surface area contributed by atoms with Crippen molar-refractivity contribution < 1.29 is 9.47 Å². The zero-order valence-corrected chi connectivity index (χ0v) is 14.6. The molecule has 1 aliphatic heterocycles. The van der Waals surface area contributed by atoms with Crippen LogP contribution in [-0.2, 0) is 13.1 Å². The topological polar surface area (TPSA) is 24.9 Å². The monoisotopic (exact) mass is 326 g/mol.